The molecule has 0 spiro atoms. The zero-order chi connectivity index (χ0) is 28.3. The largest absolute Gasteiger partial charge is 0.374 e. The Balaban J connectivity index is 1.61. The second-order valence-electron chi connectivity index (χ2n) is 11.7. The Labute approximate surface area is 243 Å². The molecule has 2 heterocycles. The molecule has 0 bridgehead atoms. The van der Waals surface area contributed by atoms with Gasteiger partial charge < -0.3 is 15.1 Å². The quantitative estimate of drug-likeness (QED) is 0.181. The van der Waals surface area contributed by atoms with E-state index in [4.69, 9.17) is 0 Å². The van der Waals surface area contributed by atoms with Crippen LogP contribution in [-0.4, -0.2) is 52.3 Å². The third-order valence-electron chi connectivity index (χ3n) is 8.33. The molecule has 2 aliphatic rings. The molecule has 1 saturated carbocycles. The number of pyridine rings is 1. The minimum Gasteiger partial charge on any atom is -0.374 e. The lowest BCUT2D eigenvalue weighted by Crippen LogP contribution is -2.47. The number of hydrogen-bond acceptors (Lipinski definition) is 4. The summed E-state index contributed by atoms with van der Waals surface area (Å²) in [7, 11) is 0. The molecule has 222 valence electrons. The Bertz CT molecular complexity index is 894. The fourth-order valence-electron chi connectivity index (χ4n) is 5.96. The standard InChI is InChI=1S/C34H54N4O2/c1-2-3-4-5-6-7-8-9-10-17-29-38(32(39)21-18-28-37-26-15-12-16-27-37)33(30-22-24-35-25-23-30)34(40)36-31-19-13-11-14-20-31/h12,15-16,22-26,31,33H,2-11,13-14,17-21,27-29H2,1H3,(H,36,40). The summed E-state index contributed by atoms with van der Waals surface area (Å²) in [5.41, 5.74) is 0.854. The average molecular weight is 551 g/mol. The van der Waals surface area contributed by atoms with Crippen LogP contribution in [0.5, 0.6) is 0 Å². The maximum Gasteiger partial charge on any atom is 0.247 e. The molecule has 3 rings (SSSR count). The SMILES string of the molecule is CCCCCCCCCCCCN(C(=O)CCCN1C=CC=CC1)C(C(=O)NC1CCCCC1)c1ccncc1. The van der Waals surface area contributed by atoms with Crippen molar-refractivity contribution < 1.29 is 9.59 Å². The number of carbonyl (C=O) groups is 2. The highest BCUT2D eigenvalue weighted by molar-refractivity contribution is 5.89. The summed E-state index contributed by atoms with van der Waals surface area (Å²) >= 11 is 0. The highest BCUT2D eigenvalue weighted by atomic mass is 16.2. The summed E-state index contributed by atoms with van der Waals surface area (Å²) in [5.74, 6) is 0.0377. The summed E-state index contributed by atoms with van der Waals surface area (Å²) < 4.78 is 0. The van der Waals surface area contributed by atoms with Crippen molar-refractivity contribution in [3.8, 4) is 0 Å². The van der Waals surface area contributed by atoms with Gasteiger partial charge in [-0.15, -0.1) is 0 Å². The molecule has 1 aromatic rings. The van der Waals surface area contributed by atoms with Crippen LogP contribution in [0, 0.1) is 0 Å². The third kappa shape index (κ3) is 11.9. The fraction of sp³-hybridized carbons (Fsp3) is 0.676. The highest BCUT2D eigenvalue weighted by Crippen LogP contribution is 2.25. The minimum atomic E-state index is -0.603. The van der Waals surface area contributed by atoms with Gasteiger partial charge in [0.1, 0.15) is 6.04 Å². The van der Waals surface area contributed by atoms with Gasteiger partial charge in [0.25, 0.3) is 0 Å². The van der Waals surface area contributed by atoms with Gasteiger partial charge in [0.05, 0.1) is 0 Å². The van der Waals surface area contributed by atoms with Crippen molar-refractivity contribution in [1.82, 2.24) is 20.1 Å². The number of rotatable bonds is 19. The molecule has 1 aliphatic carbocycles. The maximum absolute atomic E-state index is 13.8. The van der Waals surface area contributed by atoms with Crippen LogP contribution in [0.2, 0.25) is 0 Å². The van der Waals surface area contributed by atoms with E-state index in [0.717, 1.165) is 63.6 Å². The normalized spacial score (nSPS) is 16.2. The summed E-state index contributed by atoms with van der Waals surface area (Å²) in [6.45, 7) is 4.60. The topological polar surface area (TPSA) is 65.5 Å². The van der Waals surface area contributed by atoms with E-state index in [2.05, 4.69) is 40.5 Å². The number of aromatic nitrogens is 1. The summed E-state index contributed by atoms with van der Waals surface area (Å²) in [4.78, 5) is 35.9. The summed E-state index contributed by atoms with van der Waals surface area (Å²) in [5, 5.41) is 3.32. The van der Waals surface area contributed by atoms with Gasteiger partial charge in [0.15, 0.2) is 0 Å². The van der Waals surface area contributed by atoms with E-state index < -0.39 is 6.04 Å². The van der Waals surface area contributed by atoms with Gasteiger partial charge in [-0.05, 0) is 55.7 Å². The molecule has 40 heavy (non-hydrogen) atoms. The molecule has 1 N–H and O–H groups in total. The molecular weight excluding hydrogens is 496 g/mol. The molecule has 6 nitrogen and oxygen atoms in total. The van der Waals surface area contributed by atoms with Crippen molar-refractivity contribution in [2.24, 2.45) is 0 Å². The van der Waals surface area contributed by atoms with Crippen molar-refractivity contribution in [1.29, 1.82) is 0 Å². The number of nitrogens with one attached hydrogen (secondary N) is 1. The Morgan fingerprint density at radius 1 is 0.925 bits per heavy atom. The van der Waals surface area contributed by atoms with Crippen molar-refractivity contribution in [2.45, 2.75) is 128 Å². The van der Waals surface area contributed by atoms with Gasteiger partial charge in [-0.2, -0.15) is 0 Å². The lowest BCUT2D eigenvalue weighted by molar-refractivity contribution is -0.141. The zero-order valence-electron chi connectivity index (χ0n) is 25.1. The van der Waals surface area contributed by atoms with Crippen LogP contribution in [0.4, 0.5) is 0 Å². The number of amides is 2. The van der Waals surface area contributed by atoms with Crippen molar-refractivity contribution in [3.63, 3.8) is 0 Å². The smallest absolute Gasteiger partial charge is 0.247 e. The molecule has 1 aromatic heterocycles. The Hall–Kier alpha value is -2.63. The number of carbonyl (C=O) groups excluding carboxylic acids is 2. The molecule has 0 aromatic carbocycles. The fourth-order valence-corrected chi connectivity index (χ4v) is 5.96. The second kappa shape index (κ2) is 19.4. The average Bonchev–Trinajstić information content (AvgIpc) is 2.99. The number of hydrogen-bond donors (Lipinski definition) is 1. The molecule has 0 saturated heterocycles. The number of nitrogens with zero attached hydrogens (tertiary/aromatic N) is 3. The van der Waals surface area contributed by atoms with Crippen LogP contribution >= 0.6 is 0 Å². The van der Waals surface area contributed by atoms with Crippen LogP contribution in [0.3, 0.4) is 0 Å². The number of unbranched alkanes of at least 4 members (excludes halogenated alkanes) is 9. The van der Waals surface area contributed by atoms with E-state index in [1.54, 1.807) is 12.4 Å². The highest BCUT2D eigenvalue weighted by Gasteiger charge is 2.32. The van der Waals surface area contributed by atoms with E-state index in [1.807, 2.05) is 23.1 Å². The molecule has 6 heteroatoms. The van der Waals surface area contributed by atoms with Gasteiger partial charge in [-0.1, -0.05) is 96.1 Å². The molecule has 1 fully saturated rings. The van der Waals surface area contributed by atoms with E-state index in [0.29, 0.717) is 13.0 Å². The predicted octanol–water partition coefficient (Wildman–Crippen LogP) is 7.49. The molecule has 0 radical (unpaired) electrons. The molecule has 1 atom stereocenters. The van der Waals surface area contributed by atoms with Gasteiger partial charge >= 0.3 is 0 Å². The molecule has 1 unspecified atom stereocenters. The van der Waals surface area contributed by atoms with Crippen LogP contribution in [-0.2, 0) is 9.59 Å². The Morgan fingerprint density at radius 2 is 1.60 bits per heavy atom. The lowest BCUT2D eigenvalue weighted by atomic mass is 9.94. The molecule has 1 aliphatic heterocycles. The van der Waals surface area contributed by atoms with Crippen LogP contribution in [0.1, 0.15) is 128 Å². The first-order chi connectivity index (χ1) is 19.7. The predicted molar refractivity (Wildman–Crippen MR) is 165 cm³/mol. The number of allylic oxidation sites excluding steroid dienone is 2. The lowest BCUT2D eigenvalue weighted by Gasteiger charge is -2.33. The van der Waals surface area contributed by atoms with E-state index in [1.165, 1.54) is 57.8 Å². The molecule has 2 amide bonds. The first-order valence-corrected chi connectivity index (χ1v) is 16.3. The first kappa shape index (κ1) is 31.9. The molecular formula is C34H54N4O2. The maximum atomic E-state index is 13.8. The van der Waals surface area contributed by atoms with Crippen LogP contribution in [0.15, 0.2) is 49.0 Å². The van der Waals surface area contributed by atoms with Crippen molar-refractivity contribution >= 4 is 11.8 Å². The van der Waals surface area contributed by atoms with Gasteiger partial charge in [-0.25, -0.2) is 0 Å². The second-order valence-corrected chi connectivity index (χ2v) is 11.7. The Kier molecular flexibility index (Phi) is 15.5. The monoisotopic (exact) mass is 550 g/mol. The van der Waals surface area contributed by atoms with Gasteiger partial charge in [-0.3, -0.25) is 14.6 Å². The first-order valence-electron chi connectivity index (χ1n) is 16.3. The van der Waals surface area contributed by atoms with E-state index in [-0.39, 0.29) is 17.9 Å². The Morgan fingerprint density at radius 3 is 2.25 bits per heavy atom. The minimum absolute atomic E-state index is 0.0392. The zero-order valence-corrected chi connectivity index (χ0v) is 25.1. The summed E-state index contributed by atoms with van der Waals surface area (Å²) in [6.07, 6.45) is 31.1. The van der Waals surface area contributed by atoms with Crippen LogP contribution < -0.4 is 5.32 Å². The van der Waals surface area contributed by atoms with Crippen molar-refractivity contribution in [3.05, 3.63) is 54.5 Å². The summed E-state index contributed by atoms with van der Waals surface area (Å²) in [6, 6.07) is 3.40. The van der Waals surface area contributed by atoms with Gasteiger partial charge in [0, 0.05) is 44.5 Å². The third-order valence-corrected chi connectivity index (χ3v) is 8.33. The van der Waals surface area contributed by atoms with E-state index >= 15 is 0 Å². The van der Waals surface area contributed by atoms with Crippen LogP contribution in [0.25, 0.3) is 0 Å². The van der Waals surface area contributed by atoms with Gasteiger partial charge in [0.2, 0.25) is 11.8 Å². The van der Waals surface area contributed by atoms with Crippen molar-refractivity contribution in [2.75, 3.05) is 19.6 Å². The van der Waals surface area contributed by atoms with E-state index in [9.17, 15) is 9.59 Å².